The minimum absolute atomic E-state index is 0.0342. The zero-order valence-corrected chi connectivity index (χ0v) is 14.5. The number of halogens is 2. The van der Waals surface area contributed by atoms with Gasteiger partial charge in [-0.25, -0.2) is 8.78 Å². The molecule has 0 N–H and O–H groups in total. The van der Waals surface area contributed by atoms with Crippen LogP contribution in [0.3, 0.4) is 0 Å². The smallest absolute Gasteiger partial charge is 0.222 e. The van der Waals surface area contributed by atoms with Crippen LogP contribution in [0.2, 0.25) is 0 Å². The van der Waals surface area contributed by atoms with Crippen molar-refractivity contribution in [1.82, 2.24) is 4.90 Å². The number of carbonyl (C=O) groups excluding carboxylic acids is 1. The Bertz CT molecular complexity index is 806. The van der Waals surface area contributed by atoms with Crippen LogP contribution < -0.4 is 0 Å². The fourth-order valence-corrected chi connectivity index (χ4v) is 2.92. The van der Waals surface area contributed by atoms with Gasteiger partial charge in [0.15, 0.2) is 6.10 Å². The van der Waals surface area contributed by atoms with Gasteiger partial charge in [-0.15, -0.1) is 0 Å². The predicted molar refractivity (Wildman–Crippen MR) is 94.5 cm³/mol. The zero-order valence-electron chi connectivity index (χ0n) is 14.5. The second-order valence-electron chi connectivity index (χ2n) is 6.23. The van der Waals surface area contributed by atoms with Crippen molar-refractivity contribution in [2.24, 2.45) is 5.16 Å². The van der Waals surface area contributed by atoms with Crippen LogP contribution in [0.5, 0.6) is 0 Å². The summed E-state index contributed by atoms with van der Waals surface area (Å²) < 4.78 is 26.4. The SMILES string of the molecule is CCC(=O)N(Cc1cccc(F)c1)CC1CC(c2ccc(F)cc2)=NO1. The van der Waals surface area contributed by atoms with Crippen LogP contribution in [-0.4, -0.2) is 29.2 Å². The van der Waals surface area contributed by atoms with Gasteiger partial charge in [0.05, 0.1) is 12.3 Å². The lowest BCUT2D eigenvalue weighted by Gasteiger charge is -2.24. The molecule has 1 aliphatic rings. The Morgan fingerprint density at radius 1 is 1.19 bits per heavy atom. The molecule has 1 amide bonds. The Hall–Kier alpha value is -2.76. The molecule has 1 unspecified atom stereocenters. The summed E-state index contributed by atoms with van der Waals surface area (Å²) in [6.07, 6.45) is 0.606. The van der Waals surface area contributed by atoms with Crippen LogP contribution in [0.1, 0.15) is 30.9 Å². The average Bonchev–Trinajstić information content (AvgIpc) is 3.10. The molecule has 0 spiro atoms. The average molecular weight is 358 g/mol. The molecule has 2 aromatic carbocycles. The van der Waals surface area contributed by atoms with E-state index in [-0.39, 0.29) is 23.6 Å². The molecule has 1 heterocycles. The molecular weight excluding hydrogens is 338 g/mol. The van der Waals surface area contributed by atoms with Crippen LogP contribution in [0.15, 0.2) is 53.7 Å². The van der Waals surface area contributed by atoms with Gasteiger partial charge in [-0.1, -0.05) is 36.3 Å². The van der Waals surface area contributed by atoms with Gasteiger partial charge in [0.1, 0.15) is 11.6 Å². The lowest BCUT2D eigenvalue weighted by Crippen LogP contribution is -2.36. The topological polar surface area (TPSA) is 41.9 Å². The van der Waals surface area contributed by atoms with Crippen LogP contribution in [0.4, 0.5) is 8.78 Å². The molecule has 6 heteroatoms. The van der Waals surface area contributed by atoms with Crippen molar-refractivity contribution in [2.45, 2.75) is 32.4 Å². The Balaban J connectivity index is 1.65. The maximum absolute atomic E-state index is 13.4. The highest BCUT2D eigenvalue weighted by atomic mass is 19.1. The van der Waals surface area contributed by atoms with E-state index < -0.39 is 0 Å². The third-order valence-electron chi connectivity index (χ3n) is 4.25. The summed E-state index contributed by atoms with van der Waals surface area (Å²) in [5.74, 6) is -0.668. The van der Waals surface area contributed by atoms with E-state index >= 15 is 0 Å². The number of rotatable bonds is 6. The largest absolute Gasteiger partial charge is 0.390 e. The molecule has 1 atom stereocenters. The van der Waals surface area contributed by atoms with Crippen LogP contribution in [0, 0.1) is 11.6 Å². The third-order valence-corrected chi connectivity index (χ3v) is 4.25. The summed E-state index contributed by atoms with van der Waals surface area (Å²) in [4.78, 5) is 19.4. The molecule has 2 aromatic rings. The van der Waals surface area contributed by atoms with Crippen LogP contribution in [-0.2, 0) is 16.2 Å². The summed E-state index contributed by atoms with van der Waals surface area (Å²) >= 11 is 0. The summed E-state index contributed by atoms with van der Waals surface area (Å²) in [5.41, 5.74) is 2.25. The second-order valence-corrected chi connectivity index (χ2v) is 6.23. The lowest BCUT2D eigenvalue weighted by molar-refractivity contribution is -0.133. The van der Waals surface area contributed by atoms with Gasteiger partial charge in [-0.05, 0) is 35.4 Å². The number of amides is 1. The molecule has 0 aromatic heterocycles. The van der Waals surface area contributed by atoms with Crippen molar-refractivity contribution in [1.29, 1.82) is 0 Å². The van der Waals surface area contributed by atoms with E-state index in [1.165, 1.54) is 24.3 Å². The van der Waals surface area contributed by atoms with E-state index in [0.29, 0.717) is 25.9 Å². The summed E-state index contributed by atoms with van der Waals surface area (Å²) in [5, 5.41) is 4.07. The highest BCUT2D eigenvalue weighted by Crippen LogP contribution is 2.19. The first kappa shape index (κ1) is 18.0. The summed E-state index contributed by atoms with van der Waals surface area (Å²) in [6.45, 7) is 2.46. The van der Waals surface area contributed by atoms with Crippen molar-refractivity contribution < 1.29 is 18.4 Å². The number of benzene rings is 2. The van der Waals surface area contributed by atoms with Crippen molar-refractivity contribution in [3.05, 3.63) is 71.3 Å². The number of nitrogens with zero attached hydrogens (tertiary/aromatic N) is 2. The highest BCUT2D eigenvalue weighted by Gasteiger charge is 2.26. The molecule has 3 rings (SSSR count). The quantitative estimate of drug-likeness (QED) is 0.786. The highest BCUT2D eigenvalue weighted by molar-refractivity contribution is 6.01. The molecule has 1 aliphatic heterocycles. The Kier molecular flexibility index (Phi) is 5.61. The van der Waals surface area contributed by atoms with Gasteiger partial charge in [-0.2, -0.15) is 0 Å². The predicted octanol–water partition coefficient (Wildman–Crippen LogP) is 3.90. The van der Waals surface area contributed by atoms with Crippen molar-refractivity contribution in [3.8, 4) is 0 Å². The summed E-state index contributed by atoms with van der Waals surface area (Å²) in [7, 11) is 0. The zero-order chi connectivity index (χ0) is 18.5. The van der Waals surface area contributed by atoms with E-state index in [1.54, 1.807) is 36.1 Å². The number of hydrogen-bond donors (Lipinski definition) is 0. The maximum Gasteiger partial charge on any atom is 0.222 e. The van der Waals surface area contributed by atoms with Crippen molar-refractivity contribution in [2.75, 3.05) is 6.54 Å². The first-order valence-electron chi connectivity index (χ1n) is 8.56. The molecule has 0 aliphatic carbocycles. The van der Waals surface area contributed by atoms with E-state index in [4.69, 9.17) is 4.84 Å². The van der Waals surface area contributed by atoms with Gasteiger partial charge in [0, 0.05) is 19.4 Å². The van der Waals surface area contributed by atoms with Crippen LogP contribution in [0.25, 0.3) is 0 Å². The van der Waals surface area contributed by atoms with Gasteiger partial charge < -0.3 is 9.74 Å². The van der Waals surface area contributed by atoms with Crippen molar-refractivity contribution >= 4 is 11.6 Å². The number of oxime groups is 1. The molecular formula is C20H20F2N2O2. The second kappa shape index (κ2) is 8.08. The van der Waals surface area contributed by atoms with E-state index in [9.17, 15) is 13.6 Å². The maximum atomic E-state index is 13.4. The van der Waals surface area contributed by atoms with E-state index in [1.807, 2.05) is 0 Å². The molecule has 0 bridgehead atoms. The van der Waals surface area contributed by atoms with Crippen molar-refractivity contribution in [3.63, 3.8) is 0 Å². The van der Waals surface area contributed by atoms with Gasteiger partial charge in [0.2, 0.25) is 5.91 Å². The van der Waals surface area contributed by atoms with Gasteiger partial charge in [0.25, 0.3) is 0 Å². The molecule has 0 radical (unpaired) electrons. The first-order valence-corrected chi connectivity index (χ1v) is 8.56. The monoisotopic (exact) mass is 358 g/mol. The summed E-state index contributed by atoms with van der Waals surface area (Å²) in [6, 6.07) is 12.3. The molecule has 0 fully saturated rings. The Morgan fingerprint density at radius 3 is 2.65 bits per heavy atom. The fraction of sp³-hybridized carbons (Fsp3) is 0.300. The Morgan fingerprint density at radius 2 is 1.96 bits per heavy atom. The van der Waals surface area contributed by atoms with E-state index in [2.05, 4.69) is 5.16 Å². The normalized spacial score (nSPS) is 16.1. The van der Waals surface area contributed by atoms with Crippen LogP contribution >= 0.6 is 0 Å². The molecule has 0 saturated heterocycles. The lowest BCUT2D eigenvalue weighted by atomic mass is 10.0. The Labute approximate surface area is 151 Å². The van der Waals surface area contributed by atoms with Gasteiger partial charge in [-0.3, -0.25) is 4.79 Å². The number of hydrogen-bond acceptors (Lipinski definition) is 3. The van der Waals surface area contributed by atoms with Gasteiger partial charge >= 0.3 is 0 Å². The standard InChI is InChI=1S/C20H20F2N2O2/c1-2-20(25)24(12-14-4-3-5-17(22)10-14)13-18-11-19(23-26-18)15-6-8-16(21)9-7-15/h3-10,18H,2,11-13H2,1H3. The van der Waals surface area contributed by atoms with E-state index in [0.717, 1.165) is 16.8 Å². The molecule has 0 saturated carbocycles. The number of carbonyl (C=O) groups is 1. The molecule has 136 valence electrons. The fourth-order valence-electron chi connectivity index (χ4n) is 2.92. The first-order chi connectivity index (χ1) is 12.5. The molecule has 26 heavy (non-hydrogen) atoms. The third kappa shape index (κ3) is 4.45. The minimum atomic E-state index is -0.328. The molecule has 4 nitrogen and oxygen atoms in total. The minimum Gasteiger partial charge on any atom is -0.390 e.